The van der Waals surface area contributed by atoms with Gasteiger partial charge in [-0.2, -0.15) is 0 Å². The van der Waals surface area contributed by atoms with Crippen molar-refractivity contribution in [2.24, 2.45) is 5.73 Å². The van der Waals surface area contributed by atoms with Crippen LogP contribution in [0.1, 0.15) is 101 Å². The number of hydrogen-bond acceptors (Lipinski definition) is 13. The van der Waals surface area contributed by atoms with Crippen molar-refractivity contribution in [3.05, 3.63) is 395 Å². The first-order chi connectivity index (χ1) is 46.8. The summed E-state index contributed by atoms with van der Waals surface area (Å²) in [5.41, 5.74) is 19.8. The molecule has 0 amide bonds. The van der Waals surface area contributed by atoms with Crippen molar-refractivity contribution in [2.45, 2.75) is 61.6 Å². The predicted octanol–water partition coefficient (Wildman–Crippen LogP) is 16.2. The zero-order chi connectivity index (χ0) is 65.6. The van der Waals surface area contributed by atoms with Gasteiger partial charge in [-0.05, 0) is 118 Å². The summed E-state index contributed by atoms with van der Waals surface area (Å²) in [6, 6.07) is 95.0. The minimum Gasteiger partial charge on any atom is -0.478 e. The van der Waals surface area contributed by atoms with Crippen LogP contribution in [-0.2, 0) is 48.8 Å². The zero-order valence-corrected chi connectivity index (χ0v) is 54.7. The first-order valence-electron chi connectivity index (χ1n) is 31.8. The van der Waals surface area contributed by atoms with E-state index in [9.17, 15) is 9.59 Å². The van der Waals surface area contributed by atoms with Crippen molar-refractivity contribution in [3.63, 3.8) is 0 Å². The first kappa shape index (κ1) is 67.8. The Labute approximate surface area is 566 Å². The van der Waals surface area contributed by atoms with Crippen molar-refractivity contribution in [1.82, 2.24) is 39.7 Å². The zero-order valence-electron chi connectivity index (χ0n) is 53.0. The maximum Gasteiger partial charge on any atom is 0.337 e. The molecule has 3 N–H and O–H groups in total. The van der Waals surface area contributed by atoms with E-state index in [1.165, 1.54) is 39.6 Å². The van der Waals surface area contributed by atoms with Crippen molar-refractivity contribution in [1.29, 1.82) is 0 Å². The number of aromatic nitrogens is 6. The number of carboxylic acid groups (broad SMARTS) is 1. The van der Waals surface area contributed by atoms with Crippen molar-refractivity contribution >= 4 is 35.3 Å². The number of hydrogen-bond donors (Lipinski definition) is 2. The highest BCUT2D eigenvalue weighted by molar-refractivity contribution is 8.00. The topological polar surface area (TPSA) is 164 Å². The summed E-state index contributed by atoms with van der Waals surface area (Å²) in [5.74, 6) is 0.871. The highest BCUT2D eigenvalue weighted by Gasteiger charge is 2.38. The van der Waals surface area contributed by atoms with E-state index in [0.717, 1.165) is 52.1 Å². The highest BCUT2D eigenvalue weighted by atomic mass is 32.2. The maximum absolute atomic E-state index is 13.3. The minimum absolute atomic E-state index is 0.119. The van der Waals surface area contributed by atoms with Crippen LogP contribution in [0.5, 0.6) is 0 Å². The number of nitrogens with two attached hydrogens (primary N) is 1. The second kappa shape index (κ2) is 35.8. The molecule has 12 rings (SSSR count). The normalized spacial score (nSPS) is 11.2. The molecule has 6 aromatic carbocycles. The number of Topliss-reactive ketones (excluding diaryl/α,β-unsaturated/α-hetero) is 1. The average molecular weight is 1290 g/mol. The molecule has 0 aliphatic carbocycles. The minimum atomic E-state index is -0.974. The molecule has 0 fully saturated rings. The average Bonchev–Trinajstić information content (AvgIpc) is 0.908. The van der Waals surface area contributed by atoms with Gasteiger partial charge in [0.1, 0.15) is 0 Å². The van der Waals surface area contributed by atoms with Crippen LogP contribution < -0.4 is 5.73 Å². The third kappa shape index (κ3) is 19.3. The quantitative estimate of drug-likeness (QED) is 0.0270. The summed E-state index contributed by atoms with van der Waals surface area (Å²) in [7, 11) is 0. The van der Waals surface area contributed by atoms with E-state index in [1.807, 2.05) is 121 Å². The van der Waals surface area contributed by atoms with Gasteiger partial charge in [0.15, 0.2) is 5.78 Å². The molecule has 0 radical (unpaired) electrons. The molecular formula is C81H77N9O3S2. The Hall–Kier alpha value is -10.1. The van der Waals surface area contributed by atoms with Gasteiger partial charge in [-0.15, -0.1) is 23.5 Å². The summed E-state index contributed by atoms with van der Waals surface area (Å²) in [6.45, 7) is 4.52. The van der Waals surface area contributed by atoms with Gasteiger partial charge in [0.2, 0.25) is 0 Å². The van der Waals surface area contributed by atoms with Crippen molar-refractivity contribution in [2.75, 3.05) is 18.1 Å². The standard InChI is InChI=1S/C41H38N4OS.C21H21NS.C19H18N4O2/c46-40(33-24-25-39(44-29-33)32-45(30-37-21-10-12-26-42-37)31-38-22-11-13-27-43-38)23-14-28-47-41(34-15-4-1-5-16-34,35-17-6-2-7-18-35)36-19-8-3-9-20-36;22-16-17-23-21(18-10-4-1-5-11-18,19-12-6-2-7-13-19)20-14-8-3-9-15-20;24-19(25)15-7-8-18(22-11-15)14-23(12-16-5-1-3-9-20-16)13-17-6-2-4-10-21-17/h1-13,15-22,24-27,29H,14,23,28,30-32H2;1-15H,16-17,22H2;1-11H,12-14H2,(H,24,25). The van der Waals surface area contributed by atoms with Crippen LogP contribution in [0.25, 0.3) is 0 Å². The van der Waals surface area contributed by atoms with Gasteiger partial charge in [-0.25, -0.2) is 4.79 Å². The van der Waals surface area contributed by atoms with Crippen LogP contribution in [0, 0.1) is 0 Å². The number of benzene rings is 6. The van der Waals surface area contributed by atoms with Crippen LogP contribution >= 0.6 is 23.5 Å². The van der Waals surface area contributed by atoms with E-state index in [2.05, 4.69) is 217 Å². The molecule has 0 aliphatic rings. The largest absolute Gasteiger partial charge is 0.478 e. The number of ketones is 1. The lowest BCUT2D eigenvalue weighted by Crippen LogP contribution is -2.27. The number of aromatic carboxylic acids is 1. The molecule has 476 valence electrons. The first-order valence-corrected chi connectivity index (χ1v) is 33.8. The lowest BCUT2D eigenvalue weighted by molar-refractivity contribution is 0.0696. The van der Waals surface area contributed by atoms with E-state index in [0.29, 0.717) is 57.8 Å². The molecule has 6 heterocycles. The molecule has 0 saturated heterocycles. The molecule has 0 saturated carbocycles. The third-order valence-electron chi connectivity index (χ3n) is 15.8. The molecular weight excluding hydrogens is 1210 g/mol. The van der Waals surface area contributed by atoms with Gasteiger partial charge in [0.25, 0.3) is 0 Å². The molecule has 0 aliphatic heterocycles. The maximum atomic E-state index is 13.3. The molecule has 14 heteroatoms. The predicted molar refractivity (Wildman–Crippen MR) is 384 cm³/mol. The second-order valence-corrected chi connectivity index (χ2v) is 25.1. The molecule has 6 aromatic heterocycles. The molecule has 95 heavy (non-hydrogen) atoms. The van der Waals surface area contributed by atoms with Gasteiger partial charge in [0.05, 0.1) is 49.2 Å². The monoisotopic (exact) mass is 1290 g/mol. The molecule has 12 nitrogen and oxygen atoms in total. The molecule has 0 spiro atoms. The van der Waals surface area contributed by atoms with Crippen LogP contribution in [0.4, 0.5) is 0 Å². The lowest BCUT2D eigenvalue weighted by atomic mass is 9.84. The molecule has 0 unspecified atom stereocenters. The van der Waals surface area contributed by atoms with Crippen LogP contribution in [0.3, 0.4) is 0 Å². The number of pyridine rings is 6. The Bertz CT molecular complexity index is 3870. The summed E-state index contributed by atoms with van der Waals surface area (Å²) >= 11 is 3.80. The van der Waals surface area contributed by atoms with E-state index < -0.39 is 5.97 Å². The molecule has 0 atom stereocenters. The van der Waals surface area contributed by atoms with E-state index in [-0.39, 0.29) is 20.8 Å². The second-order valence-electron chi connectivity index (χ2n) is 22.5. The number of carboxylic acids is 1. The van der Waals surface area contributed by atoms with Gasteiger partial charge in [0, 0.05) is 101 Å². The third-order valence-corrected chi connectivity index (χ3v) is 19.0. The fraction of sp³-hybridized carbons (Fsp3) is 0.160. The van der Waals surface area contributed by atoms with Gasteiger partial charge in [-0.3, -0.25) is 44.5 Å². The van der Waals surface area contributed by atoms with Crippen LogP contribution in [-0.4, -0.2) is 74.6 Å². The van der Waals surface area contributed by atoms with Gasteiger partial charge >= 0.3 is 5.97 Å². The molecule has 0 bridgehead atoms. The summed E-state index contributed by atoms with van der Waals surface area (Å²) in [5, 5.41) is 8.98. The number of rotatable bonds is 28. The fourth-order valence-corrected chi connectivity index (χ4v) is 14.2. The number of thioether (sulfide) groups is 2. The van der Waals surface area contributed by atoms with E-state index in [4.69, 9.17) is 15.8 Å². The van der Waals surface area contributed by atoms with E-state index in [1.54, 1.807) is 30.7 Å². The van der Waals surface area contributed by atoms with E-state index >= 15 is 0 Å². The Morgan fingerprint density at radius 2 is 0.611 bits per heavy atom. The van der Waals surface area contributed by atoms with Crippen molar-refractivity contribution in [3.8, 4) is 0 Å². The Kier molecular flexibility index (Phi) is 25.6. The van der Waals surface area contributed by atoms with Crippen LogP contribution in [0.15, 0.2) is 316 Å². The number of carbonyl (C=O) groups excluding carboxylic acids is 1. The number of carbonyl (C=O) groups is 2. The summed E-state index contributed by atoms with van der Waals surface area (Å²) < 4.78 is -0.615. The Morgan fingerprint density at radius 3 is 0.863 bits per heavy atom. The Balaban J connectivity index is 0.000000172. The fourth-order valence-electron chi connectivity index (χ4n) is 11.4. The smallest absolute Gasteiger partial charge is 0.337 e. The van der Waals surface area contributed by atoms with Gasteiger partial charge in [-0.1, -0.05) is 206 Å². The summed E-state index contributed by atoms with van der Waals surface area (Å²) in [4.78, 5) is 55.5. The van der Waals surface area contributed by atoms with Crippen LogP contribution in [0.2, 0.25) is 0 Å². The summed E-state index contributed by atoms with van der Waals surface area (Å²) in [6.07, 6.45) is 11.5. The van der Waals surface area contributed by atoms with Crippen molar-refractivity contribution < 1.29 is 14.7 Å². The SMILES string of the molecule is NCCSC(c1ccccc1)(c1ccccc1)c1ccccc1.O=C(CCCSC(c1ccccc1)(c1ccccc1)c1ccccc1)c1ccc(CN(Cc2ccccn2)Cc2ccccn2)nc1.O=C(O)c1ccc(CN(Cc2ccccn2)Cc2ccccn2)nc1. The number of nitrogens with zero attached hydrogens (tertiary/aromatic N) is 8. The van der Waals surface area contributed by atoms with Gasteiger partial charge < -0.3 is 10.8 Å². The molecule has 12 aromatic rings. The highest BCUT2D eigenvalue weighted by Crippen LogP contribution is 2.50. The Morgan fingerprint density at radius 1 is 0.337 bits per heavy atom. The lowest BCUT2D eigenvalue weighted by Gasteiger charge is -2.35.